The van der Waals surface area contributed by atoms with Gasteiger partial charge in [-0.3, -0.25) is 9.20 Å². The molecule has 1 saturated carbocycles. The number of rotatable bonds is 5. The average Bonchev–Trinajstić information content (AvgIpc) is 3.30. The van der Waals surface area contributed by atoms with Crippen LogP contribution in [0.3, 0.4) is 0 Å². The number of benzene rings is 1. The molecule has 0 bridgehead atoms. The molecule has 9 heteroatoms. The molecule has 3 heterocycles. The van der Waals surface area contributed by atoms with Crippen molar-refractivity contribution >= 4 is 17.2 Å². The number of pyridine rings is 1. The van der Waals surface area contributed by atoms with Gasteiger partial charge in [-0.05, 0) is 49.6 Å². The minimum atomic E-state index is -0.370. The number of aryl methyl sites for hydroxylation is 1. The van der Waals surface area contributed by atoms with E-state index < -0.39 is 0 Å². The van der Waals surface area contributed by atoms with Gasteiger partial charge < -0.3 is 9.84 Å². The van der Waals surface area contributed by atoms with E-state index in [0.29, 0.717) is 45.9 Å². The Morgan fingerprint density at radius 2 is 2.17 bits per heavy atom. The highest BCUT2D eigenvalue weighted by Gasteiger charge is 2.29. The van der Waals surface area contributed by atoms with Crippen LogP contribution in [0.1, 0.15) is 36.0 Å². The minimum Gasteiger partial charge on any atom is -0.334 e. The summed E-state index contributed by atoms with van der Waals surface area (Å²) in [6.45, 7) is 1.66. The molecule has 0 radical (unpaired) electrons. The Balaban J connectivity index is 1.39. The number of amides is 1. The van der Waals surface area contributed by atoms with E-state index in [1.165, 1.54) is 6.07 Å². The summed E-state index contributed by atoms with van der Waals surface area (Å²) in [5.74, 6) is 1.25. The van der Waals surface area contributed by atoms with Crippen LogP contribution in [0.25, 0.3) is 17.1 Å². The number of nitrogens with one attached hydrogen (secondary N) is 1. The molecule has 1 aliphatic rings. The zero-order valence-corrected chi connectivity index (χ0v) is 15.6. The molecule has 1 aromatic carbocycles. The Labute approximate surface area is 164 Å². The van der Waals surface area contributed by atoms with Gasteiger partial charge in [0.05, 0.1) is 12.0 Å². The summed E-state index contributed by atoms with van der Waals surface area (Å²) < 4.78 is 20.8. The lowest BCUT2D eigenvalue weighted by atomic mass is 10.2. The highest BCUT2D eigenvalue weighted by molar-refractivity contribution is 5.92. The van der Waals surface area contributed by atoms with Crippen molar-refractivity contribution in [3.8, 4) is 11.5 Å². The van der Waals surface area contributed by atoms with Gasteiger partial charge in [0.1, 0.15) is 11.6 Å². The van der Waals surface area contributed by atoms with Crippen molar-refractivity contribution in [2.24, 2.45) is 0 Å². The lowest BCUT2D eigenvalue weighted by molar-refractivity contribution is -0.115. The molecule has 146 valence electrons. The number of anilines is 1. The first kappa shape index (κ1) is 17.5. The van der Waals surface area contributed by atoms with Gasteiger partial charge in [0.15, 0.2) is 11.5 Å². The second kappa shape index (κ2) is 6.77. The van der Waals surface area contributed by atoms with E-state index in [-0.39, 0.29) is 18.1 Å². The van der Waals surface area contributed by atoms with E-state index in [4.69, 9.17) is 4.52 Å². The summed E-state index contributed by atoms with van der Waals surface area (Å²) in [7, 11) is 0. The number of nitrogens with zero attached hydrogens (tertiary/aromatic N) is 5. The maximum absolute atomic E-state index is 13.7. The van der Waals surface area contributed by atoms with Crippen LogP contribution in [0.2, 0.25) is 0 Å². The number of carbonyl (C=O) groups is 1. The molecule has 1 N–H and O–H groups in total. The molecular weight excluding hydrogens is 375 g/mol. The van der Waals surface area contributed by atoms with Crippen molar-refractivity contribution in [1.82, 2.24) is 24.7 Å². The molecule has 0 unspecified atom stereocenters. The highest BCUT2D eigenvalue weighted by atomic mass is 19.1. The number of halogens is 1. The Morgan fingerprint density at radius 1 is 1.31 bits per heavy atom. The Kier molecular flexibility index (Phi) is 4.08. The maximum Gasteiger partial charge on any atom is 0.261 e. The quantitative estimate of drug-likeness (QED) is 0.560. The predicted octanol–water partition coefficient (Wildman–Crippen LogP) is 3.29. The molecule has 1 fully saturated rings. The van der Waals surface area contributed by atoms with Crippen molar-refractivity contribution in [3.63, 3.8) is 0 Å². The van der Waals surface area contributed by atoms with Gasteiger partial charge in [-0.25, -0.2) is 4.39 Å². The van der Waals surface area contributed by atoms with Crippen LogP contribution in [0, 0.1) is 12.7 Å². The monoisotopic (exact) mass is 392 g/mol. The number of carbonyl (C=O) groups excluding carboxylic acids is 1. The lowest BCUT2D eigenvalue weighted by Crippen LogP contribution is -2.16. The molecule has 0 atom stereocenters. The number of aromatic nitrogens is 5. The van der Waals surface area contributed by atoms with E-state index in [1.807, 2.05) is 12.1 Å². The number of hydrogen-bond acceptors (Lipinski definition) is 6. The van der Waals surface area contributed by atoms with Gasteiger partial charge in [-0.1, -0.05) is 11.2 Å². The summed E-state index contributed by atoms with van der Waals surface area (Å²) in [5, 5.41) is 15.1. The SMILES string of the molecule is Cc1ccc(NC(=O)Cc2nnc3c(-c4nc(C5CC5)no4)cccn23)cc1F. The first-order chi connectivity index (χ1) is 14.1. The third-order valence-corrected chi connectivity index (χ3v) is 4.89. The van der Waals surface area contributed by atoms with Crippen molar-refractivity contribution in [2.45, 2.75) is 32.1 Å². The maximum atomic E-state index is 13.7. The fraction of sp³-hybridized carbons (Fsp3) is 0.250. The van der Waals surface area contributed by atoms with E-state index in [2.05, 4.69) is 25.7 Å². The highest BCUT2D eigenvalue weighted by Crippen LogP contribution is 2.39. The van der Waals surface area contributed by atoms with E-state index >= 15 is 0 Å². The molecule has 1 amide bonds. The third kappa shape index (κ3) is 3.35. The number of fused-ring (bicyclic) bond motifs is 1. The summed E-state index contributed by atoms with van der Waals surface area (Å²) in [5.41, 5.74) is 2.10. The van der Waals surface area contributed by atoms with Crippen molar-refractivity contribution in [2.75, 3.05) is 5.32 Å². The summed E-state index contributed by atoms with van der Waals surface area (Å²) >= 11 is 0. The largest absolute Gasteiger partial charge is 0.334 e. The van der Waals surface area contributed by atoms with Gasteiger partial charge in [-0.2, -0.15) is 4.98 Å². The van der Waals surface area contributed by atoms with E-state index in [1.54, 1.807) is 29.7 Å². The van der Waals surface area contributed by atoms with Crippen LogP contribution in [-0.4, -0.2) is 30.6 Å². The molecule has 4 aromatic rings. The van der Waals surface area contributed by atoms with Crippen molar-refractivity contribution in [3.05, 3.63) is 59.6 Å². The molecular formula is C20H17FN6O2. The Bertz CT molecular complexity index is 1230. The summed E-state index contributed by atoms with van der Waals surface area (Å²) in [6, 6.07) is 8.20. The van der Waals surface area contributed by atoms with Gasteiger partial charge >= 0.3 is 0 Å². The Morgan fingerprint density at radius 3 is 2.97 bits per heavy atom. The number of hydrogen-bond donors (Lipinski definition) is 1. The van der Waals surface area contributed by atoms with Gasteiger partial charge in [0.25, 0.3) is 5.89 Å². The Hall–Kier alpha value is -3.62. The lowest BCUT2D eigenvalue weighted by Gasteiger charge is -2.06. The van der Waals surface area contributed by atoms with Crippen molar-refractivity contribution < 1.29 is 13.7 Å². The van der Waals surface area contributed by atoms with E-state index in [9.17, 15) is 9.18 Å². The molecule has 0 aliphatic heterocycles. The average molecular weight is 392 g/mol. The van der Waals surface area contributed by atoms with Gasteiger partial charge in [0, 0.05) is 17.8 Å². The first-order valence-electron chi connectivity index (χ1n) is 9.31. The summed E-state index contributed by atoms with van der Waals surface area (Å²) in [6.07, 6.45) is 3.92. The topological polar surface area (TPSA) is 98.2 Å². The van der Waals surface area contributed by atoms with E-state index in [0.717, 1.165) is 12.8 Å². The minimum absolute atomic E-state index is 0.0166. The molecule has 0 saturated heterocycles. The van der Waals surface area contributed by atoms with Gasteiger partial charge in [0.2, 0.25) is 5.91 Å². The zero-order chi connectivity index (χ0) is 20.0. The fourth-order valence-electron chi connectivity index (χ4n) is 3.12. The molecule has 8 nitrogen and oxygen atoms in total. The second-order valence-corrected chi connectivity index (χ2v) is 7.15. The third-order valence-electron chi connectivity index (χ3n) is 4.89. The van der Waals surface area contributed by atoms with Crippen LogP contribution >= 0.6 is 0 Å². The standard InChI is InChI=1S/C20H17FN6O2/c1-11-4-7-13(9-15(11)21)22-17(28)10-16-24-25-19-14(3-2-8-27(16)19)20-23-18(26-29-20)12-5-6-12/h2-4,7-9,12H,5-6,10H2,1H3,(H,22,28). The van der Waals surface area contributed by atoms with Crippen LogP contribution in [-0.2, 0) is 11.2 Å². The zero-order valence-electron chi connectivity index (χ0n) is 15.6. The fourth-order valence-corrected chi connectivity index (χ4v) is 3.12. The second-order valence-electron chi connectivity index (χ2n) is 7.15. The summed E-state index contributed by atoms with van der Waals surface area (Å²) in [4.78, 5) is 16.9. The van der Waals surface area contributed by atoms with Gasteiger partial charge in [-0.15, -0.1) is 10.2 Å². The normalized spacial score (nSPS) is 13.7. The first-order valence-corrected chi connectivity index (χ1v) is 9.31. The van der Waals surface area contributed by atoms with Crippen LogP contribution < -0.4 is 5.32 Å². The molecule has 1 aliphatic carbocycles. The predicted molar refractivity (Wildman–Crippen MR) is 102 cm³/mol. The smallest absolute Gasteiger partial charge is 0.261 e. The molecule has 0 spiro atoms. The van der Waals surface area contributed by atoms with Crippen LogP contribution in [0.4, 0.5) is 10.1 Å². The van der Waals surface area contributed by atoms with Crippen molar-refractivity contribution in [1.29, 1.82) is 0 Å². The molecule has 29 heavy (non-hydrogen) atoms. The van der Waals surface area contributed by atoms with Crippen LogP contribution in [0.5, 0.6) is 0 Å². The molecule has 3 aromatic heterocycles. The van der Waals surface area contributed by atoms with Crippen LogP contribution in [0.15, 0.2) is 41.1 Å². The molecule has 5 rings (SSSR count).